The van der Waals surface area contributed by atoms with Crippen molar-refractivity contribution in [3.05, 3.63) is 26.8 Å². The molecule has 0 fully saturated rings. The summed E-state index contributed by atoms with van der Waals surface area (Å²) in [6, 6.07) is 5.35. The molecule has 0 aliphatic heterocycles. The molecular weight excluding hydrogens is 347 g/mol. The number of thiocarbonyl (C=S) groups is 1. The van der Waals surface area contributed by atoms with E-state index in [1.54, 1.807) is 12.1 Å². The third-order valence-corrected chi connectivity index (χ3v) is 2.67. The molecule has 0 unspecified atom stereocenters. The number of hydrogen-bond donors (Lipinski definition) is 2. The highest BCUT2D eigenvalue weighted by Crippen LogP contribution is 2.23. The molecule has 0 aliphatic carbocycles. The maximum atomic E-state index is 11.3. The van der Waals surface area contributed by atoms with Crippen molar-refractivity contribution in [2.45, 2.75) is 6.42 Å². The standard InChI is InChI=1S/C9H8ClIN2OS/c10-6-3-5(11)1-2-7(6)13-9(14)4-8(12)15/h1-3H,4H2,(H2,12,15)(H,13,14). The second-order valence-electron chi connectivity index (χ2n) is 2.82. The van der Waals surface area contributed by atoms with E-state index in [0.717, 1.165) is 3.57 Å². The van der Waals surface area contributed by atoms with Gasteiger partial charge < -0.3 is 11.1 Å². The molecule has 1 aromatic carbocycles. The Labute approximate surface area is 112 Å². The first kappa shape index (κ1) is 12.7. The summed E-state index contributed by atoms with van der Waals surface area (Å²) in [5, 5.41) is 3.13. The number of anilines is 1. The molecule has 80 valence electrons. The lowest BCUT2D eigenvalue weighted by molar-refractivity contribution is -0.115. The van der Waals surface area contributed by atoms with E-state index in [4.69, 9.17) is 17.3 Å². The van der Waals surface area contributed by atoms with E-state index in [0.29, 0.717) is 10.7 Å². The normalized spacial score (nSPS) is 9.73. The van der Waals surface area contributed by atoms with Crippen LogP contribution in [0.2, 0.25) is 5.02 Å². The van der Waals surface area contributed by atoms with Crippen molar-refractivity contribution in [3.8, 4) is 0 Å². The number of amides is 1. The van der Waals surface area contributed by atoms with Gasteiger partial charge in [-0.25, -0.2) is 0 Å². The minimum atomic E-state index is -0.259. The zero-order chi connectivity index (χ0) is 11.4. The second-order valence-corrected chi connectivity index (χ2v) is 4.99. The van der Waals surface area contributed by atoms with E-state index >= 15 is 0 Å². The molecule has 1 aromatic rings. The molecule has 0 aromatic heterocycles. The Morgan fingerprint density at radius 3 is 2.80 bits per heavy atom. The molecule has 0 aliphatic rings. The first-order chi connectivity index (χ1) is 6.99. The van der Waals surface area contributed by atoms with Gasteiger partial charge in [0.15, 0.2) is 0 Å². The molecule has 3 nitrogen and oxygen atoms in total. The van der Waals surface area contributed by atoms with Crippen LogP contribution in [0, 0.1) is 3.57 Å². The van der Waals surface area contributed by atoms with Crippen molar-refractivity contribution in [2.24, 2.45) is 5.73 Å². The van der Waals surface area contributed by atoms with Crippen LogP contribution in [0.4, 0.5) is 5.69 Å². The van der Waals surface area contributed by atoms with Crippen LogP contribution in [-0.2, 0) is 4.79 Å². The lowest BCUT2D eigenvalue weighted by atomic mass is 10.3. The summed E-state index contributed by atoms with van der Waals surface area (Å²) in [4.78, 5) is 11.5. The van der Waals surface area contributed by atoms with Crippen LogP contribution < -0.4 is 11.1 Å². The minimum Gasteiger partial charge on any atom is -0.393 e. The maximum absolute atomic E-state index is 11.3. The number of rotatable bonds is 3. The van der Waals surface area contributed by atoms with Crippen LogP contribution >= 0.6 is 46.4 Å². The smallest absolute Gasteiger partial charge is 0.231 e. The summed E-state index contributed by atoms with van der Waals surface area (Å²) in [7, 11) is 0. The van der Waals surface area contributed by atoms with E-state index in [1.807, 2.05) is 6.07 Å². The van der Waals surface area contributed by atoms with Gasteiger partial charge in [0, 0.05) is 3.57 Å². The quantitative estimate of drug-likeness (QED) is 0.648. The Balaban J connectivity index is 2.72. The lowest BCUT2D eigenvalue weighted by Gasteiger charge is -2.06. The lowest BCUT2D eigenvalue weighted by Crippen LogP contribution is -2.20. The molecule has 0 saturated heterocycles. The van der Waals surface area contributed by atoms with Gasteiger partial charge in [-0.1, -0.05) is 23.8 Å². The fourth-order valence-corrected chi connectivity index (χ4v) is 1.98. The van der Waals surface area contributed by atoms with Crippen molar-refractivity contribution in [1.82, 2.24) is 0 Å². The number of carbonyl (C=O) groups excluding carboxylic acids is 1. The van der Waals surface area contributed by atoms with Gasteiger partial charge in [-0.15, -0.1) is 0 Å². The summed E-state index contributed by atoms with van der Waals surface area (Å²) in [6.07, 6.45) is 0.0254. The van der Waals surface area contributed by atoms with Crippen molar-refractivity contribution < 1.29 is 4.79 Å². The molecule has 0 saturated carbocycles. The summed E-state index contributed by atoms with van der Waals surface area (Å²) >= 11 is 12.7. The van der Waals surface area contributed by atoms with Crippen molar-refractivity contribution in [2.75, 3.05) is 5.32 Å². The molecule has 0 bridgehead atoms. The third-order valence-electron chi connectivity index (χ3n) is 1.54. The SMILES string of the molecule is NC(=S)CC(=O)Nc1ccc(I)cc1Cl. The molecule has 3 N–H and O–H groups in total. The van der Waals surface area contributed by atoms with Crippen LogP contribution in [0.25, 0.3) is 0 Å². The van der Waals surface area contributed by atoms with Gasteiger partial charge in [0.1, 0.15) is 0 Å². The van der Waals surface area contributed by atoms with Crippen molar-refractivity contribution in [1.29, 1.82) is 0 Å². The number of benzene rings is 1. The zero-order valence-electron chi connectivity index (χ0n) is 7.59. The Kier molecular flexibility index (Phi) is 4.75. The van der Waals surface area contributed by atoms with Crippen LogP contribution in [0.3, 0.4) is 0 Å². The Hall–Kier alpha value is -0.400. The Morgan fingerprint density at radius 2 is 2.27 bits per heavy atom. The number of halogens is 2. The third kappa shape index (κ3) is 4.31. The maximum Gasteiger partial charge on any atom is 0.231 e. The average Bonchev–Trinajstić information content (AvgIpc) is 2.08. The number of carbonyl (C=O) groups is 1. The molecule has 0 heterocycles. The predicted molar refractivity (Wildman–Crippen MR) is 74.2 cm³/mol. The highest BCUT2D eigenvalue weighted by Gasteiger charge is 2.06. The number of nitrogens with one attached hydrogen (secondary N) is 1. The van der Waals surface area contributed by atoms with E-state index in [2.05, 4.69) is 40.1 Å². The molecule has 6 heteroatoms. The zero-order valence-corrected chi connectivity index (χ0v) is 11.3. The van der Waals surface area contributed by atoms with Crippen LogP contribution in [0.5, 0.6) is 0 Å². The summed E-state index contributed by atoms with van der Waals surface area (Å²) in [5.74, 6) is -0.259. The van der Waals surface area contributed by atoms with E-state index in [9.17, 15) is 4.79 Å². The van der Waals surface area contributed by atoms with Gasteiger partial charge in [0.25, 0.3) is 0 Å². The summed E-state index contributed by atoms with van der Waals surface area (Å²) in [5.41, 5.74) is 5.81. The van der Waals surface area contributed by atoms with Gasteiger partial charge in [-0.05, 0) is 40.8 Å². The first-order valence-corrected chi connectivity index (χ1v) is 5.88. The average molecular weight is 355 g/mol. The Bertz CT molecular complexity index is 411. The molecule has 1 rings (SSSR count). The van der Waals surface area contributed by atoms with Gasteiger partial charge in [0.2, 0.25) is 5.91 Å². The predicted octanol–water partition coefficient (Wildman–Crippen LogP) is 2.56. The molecule has 15 heavy (non-hydrogen) atoms. The van der Waals surface area contributed by atoms with Crippen LogP contribution in [0.15, 0.2) is 18.2 Å². The van der Waals surface area contributed by atoms with Crippen LogP contribution in [0.1, 0.15) is 6.42 Å². The summed E-state index contributed by atoms with van der Waals surface area (Å²) in [6.45, 7) is 0. The molecule has 0 atom stereocenters. The fourth-order valence-electron chi connectivity index (χ4n) is 0.943. The monoisotopic (exact) mass is 354 g/mol. The molecule has 1 amide bonds. The molecular formula is C9H8ClIN2OS. The second kappa shape index (κ2) is 5.62. The molecule has 0 radical (unpaired) electrons. The highest BCUT2D eigenvalue weighted by atomic mass is 127. The molecule has 0 spiro atoms. The topological polar surface area (TPSA) is 55.1 Å². The van der Waals surface area contributed by atoms with E-state index < -0.39 is 0 Å². The van der Waals surface area contributed by atoms with Gasteiger partial charge in [-0.2, -0.15) is 0 Å². The Morgan fingerprint density at radius 1 is 1.60 bits per heavy atom. The number of hydrogen-bond acceptors (Lipinski definition) is 2. The number of nitrogens with two attached hydrogens (primary N) is 1. The van der Waals surface area contributed by atoms with Crippen LogP contribution in [-0.4, -0.2) is 10.9 Å². The largest absolute Gasteiger partial charge is 0.393 e. The fraction of sp³-hybridized carbons (Fsp3) is 0.111. The minimum absolute atomic E-state index is 0.0254. The van der Waals surface area contributed by atoms with Crippen molar-refractivity contribution >= 4 is 63.0 Å². The highest BCUT2D eigenvalue weighted by molar-refractivity contribution is 14.1. The van der Waals surface area contributed by atoms with Gasteiger partial charge in [-0.3, -0.25) is 4.79 Å². The van der Waals surface area contributed by atoms with E-state index in [1.165, 1.54) is 0 Å². The summed E-state index contributed by atoms with van der Waals surface area (Å²) < 4.78 is 1.00. The van der Waals surface area contributed by atoms with Crippen molar-refractivity contribution in [3.63, 3.8) is 0 Å². The van der Waals surface area contributed by atoms with E-state index in [-0.39, 0.29) is 17.3 Å². The first-order valence-electron chi connectivity index (χ1n) is 4.02. The van der Waals surface area contributed by atoms with Gasteiger partial charge in [0.05, 0.1) is 22.1 Å². The van der Waals surface area contributed by atoms with Gasteiger partial charge >= 0.3 is 0 Å².